The van der Waals surface area contributed by atoms with Crippen LogP contribution in [0.4, 0.5) is 5.69 Å². The fraction of sp³-hybridized carbons (Fsp3) is 0.500. The van der Waals surface area contributed by atoms with E-state index in [0.29, 0.717) is 30.8 Å². The summed E-state index contributed by atoms with van der Waals surface area (Å²) in [6.45, 7) is 0.476. The molecule has 0 spiro atoms. The van der Waals surface area contributed by atoms with Crippen LogP contribution in [0, 0.1) is 0 Å². The summed E-state index contributed by atoms with van der Waals surface area (Å²) in [6.07, 6.45) is 1.27. The van der Waals surface area contributed by atoms with Crippen molar-refractivity contribution in [3.8, 4) is 0 Å². The summed E-state index contributed by atoms with van der Waals surface area (Å²) in [5.74, 6) is 0.584. The van der Waals surface area contributed by atoms with Crippen molar-refractivity contribution in [3.63, 3.8) is 0 Å². The van der Waals surface area contributed by atoms with E-state index in [0.717, 1.165) is 4.90 Å². The smallest absolute Gasteiger partial charge is 0.212 e. The molecule has 0 amide bonds. The monoisotopic (exact) mass is 304 g/mol. The van der Waals surface area contributed by atoms with Crippen molar-refractivity contribution in [1.82, 2.24) is 4.72 Å². The number of nitrogens with two attached hydrogens (primary N) is 1. The molecular weight excluding hydrogens is 284 g/mol. The summed E-state index contributed by atoms with van der Waals surface area (Å²) in [6, 6.07) is 7.34. The Bertz CT molecular complexity index is 460. The van der Waals surface area contributed by atoms with Crippen molar-refractivity contribution < 1.29 is 13.5 Å². The Morgan fingerprint density at radius 2 is 1.89 bits per heavy atom. The van der Waals surface area contributed by atoms with Gasteiger partial charge in [0.15, 0.2) is 0 Å². The number of hydrogen-bond acceptors (Lipinski definition) is 5. The number of hydrogen-bond donors (Lipinski definition) is 3. The molecule has 5 nitrogen and oxygen atoms in total. The number of aliphatic hydroxyl groups excluding tert-OH is 1. The Kier molecular flexibility index (Phi) is 7.22. The molecular formula is C12H20N2O3S2. The molecule has 0 atom stereocenters. The topological polar surface area (TPSA) is 92.4 Å². The van der Waals surface area contributed by atoms with Crippen molar-refractivity contribution in [2.75, 3.05) is 30.4 Å². The molecule has 0 unspecified atom stereocenters. The van der Waals surface area contributed by atoms with Crippen molar-refractivity contribution in [3.05, 3.63) is 24.3 Å². The highest BCUT2D eigenvalue weighted by molar-refractivity contribution is 8.00. The van der Waals surface area contributed by atoms with Gasteiger partial charge in [0, 0.05) is 29.5 Å². The van der Waals surface area contributed by atoms with Gasteiger partial charge in [-0.3, -0.25) is 0 Å². The van der Waals surface area contributed by atoms with Gasteiger partial charge in [-0.2, -0.15) is 0 Å². The van der Waals surface area contributed by atoms with Crippen LogP contribution >= 0.6 is 11.8 Å². The van der Waals surface area contributed by atoms with Crippen LogP contribution in [0.1, 0.15) is 12.8 Å². The van der Waals surface area contributed by atoms with Gasteiger partial charge < -0.3 is 10.8 Å². The minimum Gasteiger partial charge on any atom is -0.399 e. The van der Waals surface area contributed by atoms with E-state index in [9.17, 15) is 8.42 Å². The van der Waals surface area contributed by atoms with Gasteiger partial charge in [0.05, 0.1) is 5.75 Å². The predicted molar refractivity (Wildman–Crippen MR) is 79.7 cm³/mol. The largest absolute Gasteiger partial charge is 0.399 e. The summed E-state index contributed by atoms with van der Waals surface area (Å²) >= 11 is 1.48. The first-order chi connectivity index (χ1) is 9.03. The zero-order chi connectivity index (χ0) is 14.1. The van der Waals surface area contributed by atoms with E-state index >= 15 is 0 Å². The molecule has 0 aromatic heterocycles. The maximum Gasteiger partial charge on any atom is 0.212 e. The van der Waals surface area contributed by atoms with Crippen LogP contribution in [-0.4, -0.2) is 38.2 Å². The normalized spacial score (nSPS) is 11.6. The second-order valence-electron chi connectivity index (χ2n) is 4.06. The summed E-state index contributed by atoms with van der Waals surface area (Å²) in [5.41, 5.74) is 6.27. The van der Waals surface area contributed by atoms with Crippen molar-refractivity contribution in [2.45, 2.75) is 17.7 Å². The second-order valence-corrected chi connectivity index (χ2v) is 7.16. The molecule has 0 radical (unpaired) electrons. The Labute approximate surface area is 118 Å². The van der Waals surface area contributed by atoms with Gasteiger partial charge in [-0.1, -0.05) is 0 Å². The zero-order valence-electron chi connectivity index (χ0n) is 10.7. The van der Waals surface area contributed by atoms with E-state index in [2.05, 4.69) is 4.72 Å². The van der Waals surface area contributed by atoms with Crippen LogP contribution in [0.2, 0.25) is 0 Å². The number of thioether (sulfide) groups is 1. The molecule has 0 saturated heterocycles. The number of unbranched alkanes of at least 4 members (excludes halogenated alkanes) is 1. The molecule has 0 saturated carbocycles. The van der Waals surface area contributed by atoms with E-state index in [4.69, 9.17) is 10.8 Å². The van der Waals surface area contributed by atoms with Gasteiger partial charge in [-0.25, -0.2) is 13.1 Å². The number of benzene rings is 1. The summed E-state index contributed by atoms with van der Waals surface area (Å²) < 4.78 is 25.8. The SMILES string of the molecule is Nc1ccc(SCCS(=O)(=O)NCCCCO)cc1. The molecule has 1 rings (SSSR count). The second kappa shape index (κ2) is 8.42. The molecule has 0 aliphatic carbocycles. The highest BCUT2D eigenvalue weighted by Gasteiger charge is 2.09. The van der Waals surface area contributed by atoms with Crippen molar-refractivity contribution in [2.24, 2.45) is 0 Å². The number of nitrogens with one attached hydrogen (secondary N) is 1. The minimum atomic E-state index is -3.22. The zero-order valence-corrected chi connectivity index (χ0v) is 12.3. The Morgan fingerprint density at radius 3 is 2.53 bits per heavy atom. The highest BCUT2D eigenvalue weighted by atomic mass is 32.2. The highest BCUT2D eigenvalue weighted by Crippen LogP contribution is 2.19. The standard InChI is InChI=1S/C12H20N2O3S2/c13-11-3-5-12(6-4-11)18-9-10-19(16,17)14-7-1-2-8-15/h3-6,14-15H,1-2,7-10,13H2. The van der Waals surface area contributed by atoms with Gasteiger partial charge in [0.25, 0.3) is 0 Å². The first-order valence-corrected chi connectivity index (χ1v) is 8.74. The first-order valence-electron chi connectivity index (χ1n) is 6.10. The fourth-order valence-electron chi connectivity index (χ4n) is 1.37. The summed E-state index contributed by atoms with van der Waals surface area (Å²) in [5, 5.41) is 8.59. The molecule has 108 valence electrons. The Hall–Kier alpha value is -0.760. The molecule has 0 bridgehead atoms. The fourth-order valence-corrected chi connectivity index (χ4v) is 3.74. The lowest BCUT2D eigenvalue weighted by Crippen LogP contribution is -2.28. The number of aliphatic hydroxyl groups is 1. The number of anilines is 1. The summed E-state index contributed by atoms with van der Waals surface area (Å²) in [4.78, 5) is 1.00. The third-order valence-corrected chi connectivity index (χ3v) is 5.07. The average Bonchev–Trinajstić information content (AvgIpc) is 2.37. The number of sulfonamides is 1. The van der Waals surface area contributed by atoms with E-state index in [1.54, 1.807) is 12.1 Å². The van der Waals surface area contributed by atoms with Crippen LogP contribution in [0.5, 0.6) is 0 Å². The molecule has 1 aromatic carbocycles. The third-order valence-electron chi connectivity index (χ3n) is 2.41. The van der Waals surface area contributed by atoms with Crippen molar-refractivity contribution >= 4 is 27.5 Å². The molecule has 7 heteroatoms. The Morgan fingerprint density at radius 1 is 1.21 bits per heavy atom. The maximum atomic E-state index is 11.6. The van der Waals surface area contributed by atoms with E-state index in [-0.39, 0.29) is 12.4 Å². The van der Waals surface area contributed by atoms with Gasteiger partial charge in [0.2, 0.25) is 10.0 Å². The van der Waals surface area contributed by atoms with Crippen molar-refractivity contribution in [1.29, 1.82) is 0 Å². The van der Waals surface area contributed by atoms with E-state index in [1.807, 2.05) is 12.1 Å². The quantitative estimate of drug-likeness (QED) is 0.360. The summed E-state index contributed by atoms with van der Waals surface area (Å²) in [7, 11) is -3.22. The van der Waals surface area contributed by atoms with Crippen LogP contribution in [-0.2, 0) is 10.0 Å². The lowest BCUT2D eigenvalue weighted by atomic mass is 10.3. The molecule has 0 aliphatic heterocycles. The lowest BCUT2D eigenvalue weighted by Gasteiger charge is -2.06. The van der Waals surface area contributed by atoms with Crippen LogP contribution < -0.4 is 10.5 Å². The average molecular weight is 304 g/mol. The molecule has 1 aromatic rings. The van der Waals surface area contributed by atoms with Crippen LogP contribution in [0.15, 0.2) is 29.2 Å². The first kappa shape index (κ1) is 16.3. The third kappa shape index (κ3) is 7.41. The van der Waals surface area contributed by atoms with E-state index in [1.165, 1.54) is 11.8 Å². The van der Waals surface area contributed by atoms with Crippen LogP contribution in [0.25, 0.3) is 0 Å². The lowest BCUT2D eigenvalue weighted by molar-refractivity contribution is 0.285. The molecule has 0 aliphatic rings. The number of rotatable bonds is 9. The van der Waals surface area contributed by atoms with E-state index < -0.39 is 10.0 Å². The molecule has 0 fully saturated rings. The molecule has 0 heterocycles. The maximum absolute atomic E-state index is 11.6. The minimum absolute atomic E-state index is 0.0845. The number of nitrogen functional groups attached to an aromatic ring is 1. The van der Waals surface area contributed by atoms with Gasteiger partial charge >= 0.3 is 0 Å². The van der Waals surface area contributed by atoms with Crippen LogP contribution in [0.3, 0.4) is 0 Å². The molecule has 4 N–H and O–H groups in total. The molecule has 19 heavy (non-hydrogen) atoms. The predicted octanol–water partition coefficient (Wildman–Crippen LogP) is 1.05. The van der Waals surface area contributed by atoms with Gasteiger partial charge in [-0.05, 0) is 37.1 Å². The Balaban J connectivity index is 2.25. The van der Waals surface area contributed by atoms with Gasteiger partial charge in [0.1, 0.15) is 0 Å². The van der Waals surface area contributed by atoms with Gasteiger partial charge in [-0.15, -0.1) is 11.8 Å².